The summed E-state index contributed by atoms with van der Waals surface area (Å²) in [5.74, 6) is 0.608. The van der Waals surface area contributed by atoms with Crippen LogP contribution in [0.1, 0.15) is 37.4 Å². The summed E-state index contributed by atoms with van der Waals surface area (Å²) in [6.07, 6.45) is 3.11. The second-order valence-electron chi connectivity index (χ2n) is 4.68. The minimum Gasteiger partial charge on any atom is -0.493 e. The van der Waals surface area contributed by atoms with Crippen LogP contribution in [0.25, 0.3) is 0 Å². The van der Waals surface area contributed by atoms with E-state index in [1.807, 2.05) is 32.0 Å². The van der Waals surface area contributed by atoms with Gasteiger partial charge in [-0.1, -0.05) is 6.07 Å². The van der Waals surface area contributed by atoms with Crippen LogP contribution in [0.4, 0.5) is 0 Å². The number of aliphatic hydroxyl groups excluding tert-OH is 1. The highest BCUT2D eigenvalue weighted by Crippen LogP contribution is 2.29. The van der Waals surface area contributed by atoms with E-state index in [1.165, 1.54) is 0 Å². The zero-order valence-electron chi connectivity index (χ0n) is 11.4. The molecule has 1 unspecified atom stereocenters. The Morgan fingerprint density at radius 2 is 2.16 bits per heavy atom. The molecule has 0 fully saturated rings. The summed E-state index contributed by atoms with van der Waals surface area (Å²) in [5.41, 5.74) is 1.54. The maximum atomic E-state index is 10.4. The molecule has 0 saturated heterocycles. The third-order valence-corrected chi connectivity index (χ3v) is 2.95. The summed E-state index contributed by atoms with van der Waals surface area (Å²) in [5, 5.41) is 14.7. The number of rotatable bonds is 5. The highest BCUT2D eigenvalue weighted by atomic mass is 16.5. The first kappa shape index (κ1) is 13.5. The Kier molecular flexibility index (Phi) is 4.16. The quantitative estimate of drug-likeness (QED) is 0.895. The fourth-order valence-corrected chi connectivity index (χ4v) is 2.06. The largest absolute Gasteiger partial charge is 0.493 e. The van der Waals surface area contributed by atoms with Gasteiger partial charge in [-0.05, 0) is 26.0 Å². The van der Waals surface area contributed by atoms with Gasteiger partial charge < -0.3 is 9.84 Å². The van der Waals surface area contributed by atoms with Crippen LogP contribution in [-0.4, -0.2) is 27.0 Å². The molecule has 0 radical (unpaired) electrons. The van der Waals surface area contributed by atoms with Crippen LogP contribution in [0.5, 0.6) is 5.75 Å². The number of aromatic nitrogens is 3. The van der Waals surface area contributed by atoms with Crippen molar-refractivity contribution in [3.63, 3.8) is 0 Å². The van der Waals surface area contributed by atoms with Crippen molar-refractivity contribution < 1.29 is 9.84 Å². The number of methoxy groups -OCH3 is 1. The molecule has 1 atom stereocenters. The molecule has 2 heterocycles. The van der Waals surface area contributed by atoms with E-state index in [4.69, 9.17) is 4.74 Å². The number of pyridine rings is 1. The number of hydrogen-bond donors (Lipinski definition) is 1. The van der Waals surface area contributed by atoms with E-state index >= 15 is 0 Å². The third kappa shape index (κ3) is 2.93. The molecule has 1 N–H and O–H groups in total. The van der Waals surface area contributed by atoms with Crippen molar-refractivity contribution in [3.8, 4) is 5.75 Å². The Labute approximate surface area is 112 Å². The molecular formula is C14H19N3O2. The van der Waals surface area contributed by atoms with Crippen LogP contribution < -0.4 is 4.74 Å². The van der Waals surface area contributed by atoms with E-state index in [0.717, 1.165) is 5.69 Å². The normalized spacial score (nSPS) is 12.7. The predicted octanol–water partition coefficient (Wildman–Crippen LogP) is 2.14. The zero-order chi connectivity index (χ0) is 13.8. The molecule has 5 heteroatoms. The molecule has 2 aromatic rings. The van der Waals surface area contributed by atoms with Gasteiger partial charge in [0.25, 0.3) is 0 Å². The molecule has 2 aromatic heterocycles. The molecule has 0 spiro atoms. The lowest BCUT2D eigenvalue weighted by atomic mass is 10.1. The van der Waals surface area contributed by atoms with Crippen molar-refractivity contribution in [1.82, 2.24) is 14.8 Å². The summed E-state index contributed by atoms with van der Waals surface area (Å²) in [4.78, 5) is 4.23. The van der Waals surface area contributed by atoms with Crippen LogP contribution in [0.15, 0.2) is 30.6 Å². The van der Waals surface area contributed by atoms with Crippen LogP contribution >= 0.6 is 0 Å². The molecule has 0 bridgehead atoms. The minimum absolute atomic E-state index is 0.164. The molecule has 5 nitrogen and oxygen atoms in total. The van der Waals surface area contributed by atoms with E-state index in [0.29, 0.717) is 17.9 Å². The van der Waals surface area contributed by atoms with Gasteiger partial charge in [0.05, 0.1) is 13.3 Å². The summed E-state index contributed by atoms with van der Waals surface area (Å²) in [6, 6.07) is 5.82. The molecule has 19 heavy (non-hydrogen) atoms. The first-order valence-electron chi connectivity index (χ1n) is 6.32. The Bertz CT molecular complexity index is 523. The van der Waals surface area contributed by atoms with Crippen molar-refractivity contribution in [2.45, 2.75) is 32.4 Å². The van der Waals surface area contributed by atoms with E-state index in [9.17, 15) is 5.11 Å². The Morgan fingerprint density at radius 1 is 1.37 bits per heavy atom. The second-order valence-corrected chi connectivity index (χ2v) is 4.68. The topological polar surface area (TPSA) is 60.2 Å². The smallest absolute Gasteiger partial charge is 0.162 e. The van der Waals surface area contributed by atoms with Crippen LogP contribution in [0.3, 0.4) is 0 Å². The van der Waals surface area contributed by atoms with Gasteiger partial charge in [0.1, 0.15) is 11.8 Å². The van der Waals surface area contributed by atoms with Crippen molar-refractivity contribution in [2.75, 3.05) is 7.11 Å². The van der Waals surface area contributed by atoms with Crippen LogP contribution in [-0.2, 0) is 6.42 Å². The molecule has 0 aromatic carbocycles. The first-order chi connectivity index (χ1) is 9.13. The second kappa shape index (κ2) is 5.84. The van der Waals surface area contributed by atoms with Crippen molar-refractivity contribution in [1.29, 1.82) is 0 Å². The summed E-state index contributed by atoms with van der Waals surface area (Å²) < 4.78 is 7.06. The highest BCUT2D eigenvalue weighted by molar-refractivity contribution is 5.28. The summed E-state index contributed by atoms with van der Waals surface area (Å²) in [7, 11) is 1.58. The van der Waals surface area contributed by atoms with Gasteiger partial charge in [0.2, 0.25) is 0 Å². The van der Waals surface area contributed by atoms with Gasteiger partial charge in [0.15, 0.2) is 5.75 Å². The number of nitrogens with zero attached hydrogens (tertiary/aromatic N) is 3. The van der Waals surface area contributed by atoms with Crippen LogP contribution in [0, 0.1) is 0 Å². The molecule has 102 valence electrons. The lowest BCUT2D eigenvalue weighted by molar-refractivity contribution is 0.159. The van der Waals surface area contributed by atoms with Crippen molar-refractivity contribution in [3.05, 3.63) is 42.0 Å². The van der Waals surface area contributed by atoms with Gasteiger partial charge in [-0.3, -0.25) is 9.67 Å². The molecule has 0 aliphatic rings. The van der Waals surface area contributed by atoms with Gasteiger partial charge >= 0.3 is 0 Å². The average molecular weight is 261 g/mol. The average Bonchev–Trinajstić information content (AvgIpc) is 2.83. The lowest BCUT2D eigenvalue weighted by Crippen LogP contribution is -2.14. The molecule has 0 aliphatic carbocycles. The summed E-state index contributed by atoms with van der Waals surface area (Å²) in [6.45, 7) is 4.03. The van der Waals surface area contributed by atoms with Crippen LogP contribution in [0.2, 0.25) is 0 Å². The highest BCUT2D eigenvalue weighted by Gasteiger charge is 2.22. The Hall–Kier alpha value is -1.88. The van der Waals surface area contributed by atoms with Gasteiger partial charge in [-0.2, -0.15) is 5.10 Å². The first-order valence-corrected chi connectivity index (χ1v) is 6.32. The molecular weight excluding hydrogens is 242 g/mol. The predicted molar refractivity (Wildman–Crippen MR) is 72.1 cm³/mol. The number of hydrogen-bond acceptors (Lipinski definition) is 4. The van der Waals surface area contributed by atoms with E-state index < -0.39 is 6.10 Å². The fourth-order valence-electron chi connectivity index (χ4n) is 2.06. The van der Waals surface area contributed by atoms with E-state index in [-0.39, 0.29) is 6.04 Å². The molecule has 0 amide bonds. The Balaban J connectivity index is 2.27. The van der Waals surface area contributed by atoms with Crippen molar-refractivity contribution in [2.24, 2.45) is 0 Å². The fraction of sp³-hybridized carbons (Fsp3) is 0.429. The van der Waals surface area contributed by atoms with E-state index in [1.54, 1.807) is 24.2 Å². The number of ether oxygens (including phenoxy) is 1. The van der Waals surface area contributed by atoms with Crippen molar-refractivity contribution >= 4 is 0 Å². The van der Waals surface area contributed by atoms with E-state index in [2.05, 4.69) is 10.1 Å². The Morgan fingerprint density at radius 3 is 2.74 bits per heavy atom. The summed E-state index contributed by atoms with van der Waals surface area (Å²) >= 11 is 0. The monoisotopic (exact) mass is 261 g/mol. The minimum atomic E-state index is -0.685. The maximum absolute atomic E-state index is 10.4. The molecule has 2 rings (SSSR count). The SMILES string of the molecule is COc1cnn(C(C)C)c1C(O)Cc1ccccn1. The van der Waals surface area contributed by atoms with Gasteiger partial charge in [0, 0.05) is 24.4 Å². The zero-order valence-corrected chi connectivity index (χ0v) is 11.4. The maximum Gasteiger partial charge on any atom is 0.162 e. The van der Waals surface area contributed by atoms with Gasteiger partial charge in [-0.25, -0.2) is 0 Å². The lowest BCUT2D eigenvalue weighted by Gasteiger charge is -2.17. The third-order valence-electron chi connectivity index (χ3n) is 2.95. The van der Waals surface area contributed by atoms with Gasteiger partial charge in [-0.15, -0.1) is 0 Å². The number of aliphatic hydroxyl groups is 1. The molecule has 0 saturated carbocycles. The standard InChI is InChI=1S/C14H19N3O2/c1-10(2)17-14(13(19-3)9-16-17)12(18)8-11-6-4-5-7-15-11/h4-7,9-10,12,18H,8H2,1-3H3. The molecule has 0 aliphatic heterocycles.